The zero-order valence-corrected chi connectivity index (χ0v) is 9.10. The van der Waals surface area contributed by atoms with E-state index in [2.05, 4.69) is 9.88 Å². The summed E-state index contributed by atoms with van der Waals surface area (Å²) in [4.78, 5) is 18.5. The predicted molar refractivity (Wildman–Crippen MR) is 61.5 cm³/mol. The molecule has 0 aliphatic carbocycles. The van der Waals surface area contributed by atoms with E-state index in [1.165, 1.54) is 0 Å². The fourth-order valence-corrected chi connectivity index (χ4v) is 2.51. The third kappa shape index (κ3) is 1.52. The lowest BCUT2D eigenvalue weighted by Gasteiger charge is -2.41. The van der Waals surface area contributed by atoms with Crippen molar-refractivity contribution in [3.63, 3.8) is 0 Å². The quantitative estimate of drug-likeness (QED) is 0.667. The minimum atomic E-state index is 0.264. The van der Waals surface area contributed by atoms with Crippen LogP contribution in [0.1, 0.15) is 18.5 Å². The van der Waals surface area contributed by atoms with Crippen molar-refractivity contribution in [1.82, 2.24) is 9.88 Å². The molecule has 3 nitrogen and oxygen atoms in total. The summed E-state index contributed by atoms with van der Waals surface area (Å²) < 4.78 is 0. The lowest BCUT2D eigenvalue weighted by molar-refractivity contribution is -0.125. The molecule has 0 amide bonds. The van der Waals surface area contributed by atoms with Crippen molar-refractivity contribution in [3.05, 3.63) is 35.8 Å². The van der Waals surface area contributed by atoms with Crippen LogP contribution in [0.4, 0.5) is 0 Å². The fourth-order valence-electron chi connectivity index (χ4n) is 2.51. The van der Waals surface area contributed by atoms with Crippen molar-refractivity contribution in [2.45, 2.75) is 12.8 Å². The summed E-state index contributed by atoms with van der Waals surface area (Å²) >= 11 is 0. The van der Waals surface area contributed by atoms with E-state index in [4.69, 9.17) is 0 Å². The van der Waals surface area contributed by atoms with Gasteiger partial charge >= 0.3 is 0 Å². The molecule has 0 spiro atoms. The molecule has 4 rings (SSSR count). The first kappa shape index (κ1) is 9.58. The Morgan fingerprint density at radius 3 is 2.75 bits per heavy atom. The Morgan fingerprint density at radius 1 is 1.31 bits per heavy atom. The summed E-state index contributed by atoms with van der Waals surface area (Å²) in [5, 5.41) is 0. The number of pyridine rings is 1. The molecule has 0 N–H and O–H groups in total. The van der Waals surface area contributed by atoms with Crippen molar-refractivity contribution in [2.75, 3.05) is 13.1 Å². The zero-order chi connectivity index (χ0) is 11.0. The molecule has 0 atom stereocenters. The van der Waals surface area contributed by atoms with Gasteiger partial charge in [0.1, 0.15) is 0 Å². The van der Waals surface area contributed by atoms with Gasteiger partial charge in [-0.05, 0) is 31.1 Å². The van der Waals surface area contributed by atoms with Crippen molar-refractivity contribution >= 4 is 11.9 Å². The number of ketones is 1. The largest absolute Gasteiger partial charge is 0.369 e. The SMILES string of the molecule is O=C1/C(=C\c2ccccn2)N2CCC1CC2. The van der Waals surface area contributed by atoms with E-state index < -0.39 is 0 Å². The van der Waals surface area contributed by atoms with E-state index in [1.54, 1.807) is 6.20 Å². The molecule has 3 aliphatic heterocycles. The van der Waals surface area contributed by atoms with E-state index in [-0.39, 0.29) is 5.92 Å². The molecule has 3 aliphatic rings. The van der Waals surface area contributed by atoms with Crippen LogP contribution in [0.25, 0.3) is 6.08 Å². The summed E-state index contributed by atoms with van der Waals surface area (Å²) in [5.41, 5.74) is 1.74. The molecule has 2 bridgehead atoms. The van der Waals surface area contributed by atoms with Crippen molar-refractivity contribution in [2.24, 2.45) is 5.92 Å². The highest BCUT2D eigenvalue weighted by Crippen LogP contribution is 2.32. The van der Waals surface area contributed by atoms with Crippen LogP contribution in [0.2, 0.25) is 0 Å². The third-order valence-corrected chi connectivity index (χ3v) is 3.43. The number of carbonyl (C=O) groups is 1. The Labute approximate surface area is 94.8 Å². The second-order valence-electron chi connectivity index (χ2n) is 4.41. The van der Waals surface area contributed by atoms with E-state index in [0.29, 0.717) is 5.78 Å². The molecule has 3 saturated heterocycles. The molecule has 1 aromatic heterocycles. The highest BCUT2D eigenvalue weighted by molar-refractivity contribution is 6.01. The topological polar surface area (TPSA) is 33.2 Å². The van der Waals surface area contributed by atoms with Gasteiger partial charge < -0.3 is 4.90 Å². The number of aromatic nitrogens is 1. The van der Waals surface area contributed by atoms with Gasteiger partial charge in [-0.1, -0.05) is 6.07 Å². The number of Topliss-reactive ketones (excluding diaryl/α,β-unsaturated/α-hetero) is 1. The molecular formula is C13H14N2O. The Hall–Kier alpha value is -1.64. The molecule has 0 radical (unpaired) electrons. The number of piperidine rings is 3. The highest BCUT2D eigenvalue weighted by Gasteiger charge is 2.36. The van der Waals surface area contributed by atoms with Crippen LogP contribution in [0.5, 0.6) is 0 Å². The van der Waals surface area contributed by atoms with Gasteiger partial charge in [-0.25, -0.2) is 0 Å². The van der Waals surface area contributed by atoms with Gasteiger partial charge in [0.2, 0.25) is 0 Å². The number of hydrogen-bond donors (Lipinski definition) is 0. The van der Waals surface area contributed by atoms with Crippen LogP contribution < -0.4 is 0 Å². The summed E-state index contributed by atoms with van der Waals surface area (Å²) in [5.74, 6) is 0.572. The van der Waals surface area contributed by atoms with Gasteiger partial charge in [0.05, 0.1) is 11.4 Å². The maximum Gasteiger partial charge on any atom is 0.182 e. The maximum absolute atomic E-state index is 12.1. The van der Waals surface area contributed by atoms with Gasteiger partial charge in [-0.2, -0.15) is 0 Å². The number of rotatable bonds is 1. The lowest BCUT2D eigenvalue weighted by atomic mass is 9.84. The maximum atomic E-state index is 12.1. The van der Waals surface area contributed by atoms with E-state index in [0.717, 1.165) is 37.3 Å². The lowest BCUT2D eigenvalue weighted by Crippen LogP contribution is -2.45. The Bertz CT molecular complexity index is 431. The Kier molecular flexibility index (Phi) is 2.24. The van der Waals surface area contributed by atoms with E-state index >= 15 is 0 Å². The van der Waals surface area contributed by atoms with E-state index in [9.17, 15) is 4.79 Å². The highest BCUT2D eigenvalue weighted by atomic mass is 16.1. The molecule has 0 saturated carbocycles. The number of allylic oxidation sites excluding steroid dienone is 1. The predicted octanol–water partition coefficient (Wildman–Crippen LogP) is 1.72. The summed E-state index contributed by atoms with van der Waals surface area (Å²) in [6.45, 7) is 2.05. The molecule has 0 unspecified atom stereocenters. The van der Waals surface area contributed by atoms with Crippen LogP contribution in [0.15, 0.2) is 30.1 Å². The Morgan fingerprint density at radius 2 is 2.12 bits per heavy atom. The fraction of sp³-hybridized carbons (Fsp3) is 0.385. The number of hydrogen-bond acceptors (Lipinski definition) is 3. The molecule has 3 heteroatoms. The minimum Gasteiger partial charge on any atom is -0.369 e. The van der Waals surface area contributed by atoms with Crippen LogP contribution in [0.3, 0.4) is 0 Å². The van der Waals surface area contributed by atoms with E-state index in [1.807, 2.05) is 24.3 Å². The first-order valence-electron chi connectivity index (χ1n) is 5.76. The third-order valence-electron chi connectivity index (χ3n) is 3.43. The van der Waals surface area contributed by atoms with Crippen LogP contribution >= 0.6 is 0 Å². The monoisotopic (exact) mass is 214 g/mol. The smallest absolute Gasteiger partial charge is 0.182 e. The molecule has 1 aromatic rings. The standard InChI is InChI=1S/C13H14N2O/c16-13-10-4-7-15(8-5-10)12(13)9-11-3-1-2-6-14-11/h1-3,6,9-10H,4-5,7-8H2/b12-9+. The number of carbonyl (C=O) groups excluding carboxylic acids is 1. The van der Waals surface area contributed by atoms with Crippen LogP contribution in [0, 0.1) is 5.92 Å². The van der Waals surface area contributed by atoms with Gasteiger partial charge in [0.25, 0.3) is 0 Å². The molecular weight excluding hydrogens is 200 g/mol. The van der Waals surface area contributed by atoms with Crippen molar-refractivity contribution in [1.29, 1.82) is 0 Å². The Balaban J connectivity index is 1.95. The van der Waals surface area contributed by atoms with Crippen LogP contribution in [-0.2, 0) is 4.79 Å². The number of fused-ring (bicyclic) bond motifs is 3. The summed E-state index contributed by atoms with van der Waals surface area (Å²) in [7, 11) is 0. The molecule has 82 valence electrons. The van der Waals surface area contributed by atoms with Crippen molar-refractivity contribution < 1.29 is 4.79 Å². The minimum absolute atomic E-state index is 0.264. The van der Waals surface area contributed by atoms with Gasteiger partial charge in [-0.3, -0.25) is 9.78 Å². The van der Waals surface area contributed by atoms with Crippen molar-refractivity contribution in [3.8, 4) is 0 Å². The first-order valence-corrected chi connectivity index (χ1v) is 5.76. The molecule has 0 aromatic carbocycles. The zero-order valence-electron chi connectivity index (χ0n) is 9.10. The number of nitrogens with zero attached hydrogens (tertiary/aromatic N) is 2. The molecule has 16 heavy (non-hydrogen) atoms. The summed E-state index contributed by atoms with van der Waals surface area (Å²) in [6, 6.07) is 5.76. The van der Waals surface area contributed by atoms with Gasteiger partial charge in [0.15, 0.2) is 5.78 Å². The van der Waals surface area contributed by atoms with Gasteiger partial charge in [-0.15, -0.1) is 0 Å². The first-order chi connectivity index (χ1) is 7.84. The molecule has 4 heterocycles. The van der Waals surface area contributed by atoms with Gasteiger partial charge in [0, 0.05) is 25.2 Å². The summed E-state index contributed by atoms with van der Waals surface area (Å²) in [6.07, 6.45) is 5.73. The normalized spacial score (nSPS) is 23.1. The second-order valence-corrected chi connectivity index (χ2v) is 4.41. The van der Waals surface area contributed by atoms with Crippen LogP contribution in [-0.4, -0.2) is 28.8 Å². The average Bonchev–Trinajstić information content (AvgIpc) is 2.36. The second kappa shape index (κ2) is 3.74. The molecule has 3 fully saturated rings. The average molecular weight is 214 g/mol.